The molecule has 2 bridgehead atoms. The zero-order chi connectivity index (χ0) is 46.8. The number of unbranched alkanes of at least 4 members (excludes halogenated alkanes) is 3. The van der Waals surface area contributed by atoms with Gasteiger partial charge in [-0.15, -0.1) is 0 Å². The number of amides is 5. The standard InChI is InChI=1S/C48H74BN7O8/c1-8-9-14-32-17-19-33(20-18-32)34-21-23-35(24-22-34)43(59)55-38(16-11-13-26-51)45(61)56-41(30(3)57)46(62)52-29(2)42(58)54-37(15-10-12-25-50)44(60)53-31(4)49-63-40-28-36-27-39(47(36,5)6)48(40,7)64-49/h17-24,29-31,36-41,57H,8-16,25-28,50-51H2,1-7H3,(H,52,62)(H,53,60)(H,54,58)(H,55,59)(H,56,61)/t29-,30+,31-,36-,37-,38-,39-,40?,41-,48-/m0/s1. The zero-order valence-corrected chi connectivity index (χ0v) is 39.0. The Hall–Kier alpha value is -4.35. The highest BCUT2D eigenvalue weighted by molar-refractivity contribution is 6.47. The third-order valence-corrected chi connectivity index (χ3v) is 14.0. The lowest BCUT2D eigenvalue weighted by molar-refractivity contribution is -0.199. The minimum atomic E-state index is -1.47. The Morgan fingerprint density at radius 2 is 1.31 bits per heavy atom. The van der Waals surface area contributed by atoms with Crippen LogP contribution < -0.4 is 38.1 Å². The predicted molar refractivity (Wildman–Crippen MR) is 248 cm³/mol. The van der Waals surface area contributed by atoms with E-state index in [1.54, 1.807) is 12.1 Å². The minimum absolute atomic E-state index is 0.0540. The maximum absolute atomic E-state index is 13.7. The number of aryl methyl sites for hydroxylation is 1. The van der Waals surface area contributed by atoms with Gasteiger partial charge in [0.2, 0.25) is 23.6 Å². The van der Waals surface area contributed by atoms with Crippen molar-refractivity contribution >= 4 is 36.7 Å². The van der Waals surface area contributed by atoms with E-state index in [2.05, 4.69) is 78.5 Å². The molecule has 352 valence electrons. The molecular formula is C48H74BN7O8. The molecule has 1 aliphatic heterocycles. The lowest BCUT2D eigenvalue weighted by atomic mass is 9.43. The topological polar surface area (TPSA) is 236 Å². The Balaban J connectivity index is 1.17. The van der Waals surface area contributed by atoms with Crippen LogP contribution in [0.2, 0.25) is 0 Å². The number of aliphatic hydroxyl groups excluding tert-OH is 1. The SMILES string of the molecule is CCCCc1ccc(-c2ccc(C(=O)N[C@@H](CCCCN)C(=O)N[C@H](C(=O)N[C@@H](C)C(=O)N[C@@H](CCCCN)C(=O)N[C@@H](C)B3OC4C[C@@H]5C[C@@H](C5(C)C)[C@]4(C)O3)[C@@H](C)O)cc2)cc1. The second-order valence-electron chi connectivity index (χ2n) is 19.1. The molecule has 5 amide bonds. The molecule has 2 aromatic rings. The van der Waals surface area contributed by atoms with Crippen LogP contribution in [0, 0.1) is 17.3 Å². The minimum Gasteiger partial charge on any atom is -0.404 e. The number of benzene rings is 2. The Bertz CT molecular complexity index is 1900. The summed E-state index contributed by atoms with van der Waals surface area (Å²) in [6.45, 7) is 14.3. The Labute approximate surface area is 380 Å². The molecule has 64 heavy (non-hydrogen) atoms. The zero-order valence-electron chi connectivity index (χ0n) is 39.0. The summed E-state index contributed by atoms with van der Waals surface area (Å²) >= 11 is 0. The average molecular weight is 888 g/mol. The second kappa shape index (κ2) is 22.7. The first kappa shape index (κ1) is 50.7. The number of aliphatic hydroxyl groups is 1. The molecule has 10 atom stereocenters. The first-order valence-corrected chi connectivity index (χ1v) is 23.6. The molecule has 3 aliphatic carbocycles. The van der Waals surface area contributed by atoms with Gasteiger partial charge in [0, 0.05) is 5.56 Å². The Kier molecular flexibility index (Phi) is 18.0. The van der Waals surface area contributed by atoms with Crippen LogP contribution in [0.15, 0.2) is 48.5 Å². The third-order valence-electron chi connectivity index (χ3n) is 14.0. The molecule has 1 unspecified atom stereocenters. The van der Waals surface area contributed by atoms with Crippen molar-refractivity contribution in [1.82, 2.24) is 26.6 Å². The summed E-state index contributed by atoms with van der Waals surface area (Å²) in [5.41, 5.74) is 14.8. The molecule has 3 saturated carbocycles. The molecule has 0 spiro atoms. The van der Waals surface area contributed by atoms with E-state index in [9.17, 15) is 29.1 Å². The fourth-order valence-corrected chi connectivity index (χ4v) is 9.66. The molecule has 1 heterocycles. The van der Waals surface area contributed by atoms with Crippen LogP contribution in [0.25, 0.3) is 11.1 Å². The van der Waals surface area contributed by atoms with Crippen LogP contribution in [0.3, 0.4) is 0 Å². The van der Waals surface area contributed by atoms with Crippen LogP contribution in [-0.4, -0.2) is 103 Å². The van der Waals surface area contributed by atoms with Gasteiger partial charge in [-0.2, -0.15) is 0 Å². The summed E-state index contributed by atoms with van der Waals surface area (Å²) in [6, 6.07) is 10.8. The first-order chi connectivity index (χ1) is 30.4. The monoisotopic (exact) mass is 888 g/mol. The Morgan fingerprint density at radius 1 is 0.734 bits per heavy atom. The lowest BCUT2D eigenvalue weighted by Crippen LogP contribution is -2.65. The number of carbonyl (C=O) groups excluding carboxylic acids is 5. The highest BCUT2D eigenvalue weighted by atomic mass is 16.7. The molecule has 0 radical (unpaired) electrons. The average Bonchev–Trinajstić information content (AvgIpc) is 3.64. The largest absolute Gasteiger partial charge is 0.481 e. The molecule has 0 aromatic heterocycles. The predicted octanol–water partition coefficient (Wildman–Crippen LogP) is 3.68. The van der Waals surface area contributed by atoms with Gasteiger partial charge in [0.1, 0.15) is 24.2 Å². The van der Waals surface area contributed by atoms with Crippen LogP contribution in [0.4, 0.5) is 0 Å². The van der Waals surface area contributed by atoms with E-state index in [4.69, 9.17) is 20.8 Å². The number of carbonyl (C=O) groups is 5. The number of hydrogen-bond acceptors (Lipinski definition) is 10. The fraction of sp³-hybridized carbons (Fsp3) is 0.646. The van der Waals surface area contributed by atoms with Crippen molar-refractivity contribution in [2.45, 2.75) is 167 Å². The summed E-state index contributed by atoms with van der Waals surface area (Å²) in [5, 5.41) is 24.4. The van der Waals surface area contributed by atoms with Crippen molar-refractivity contribution in [3.8, 4) is 11.1 Å². The van der Waals surface area contributed by atoms with E-state index in [0.29, 0.717) is 62.6 Å². The normalized spacial score (nSPS) is 23.5. The van der Waals surface area contributed by atoms with Gasteiger partial charge in [-0.3, -0.25) is 24.0 Å². The molecule has 10 N–H and O–H groups in total. The number of rotatable bonds is 24. The van der Waals surface area contributed by atoms with Gasteiger partial charge in [-0.1, -0.05) is 63.6 Å². The maximum Gasteiger partial charge on any atom is 0.481 e. The van der Waals surface area contributed by atoms with Gasteiger partial charge in [-0.05, 0) is 151 Å². The van der Waals surface area contributed by atoms with Gasteiger partial charge in [-0.25, -0.2) is 0 Å². The third kappa shape index (κ3) is 12.3. The summed E-state index contributed by atoms with van der Waals surface area (Å²) in [4.78, 5) is 68.1. The molecule has 15 nitrogen and oxygen atoms in total. The quantitative estimate of drug-likeness (QED) is 0.0563. The fourth-order valence-electron chi connectivity index (χ4n) is 9.66. The molecule has 16 heteroatoms. The van der Waals surface area contributed by atoms with E-state index in [-0.39, 0.29) is 17.9 Å². The molecule has 4 aliphatic rings. The first-order valence-electron chi connectivity index (χ1n) is 23.6. The van der Waals surface area contributed by atoms with E-state index in [0.717, 1.165) is 43.2 Å². The van der Waals surface area contributed by atoms with E-state index in [1.165, 1.54) is 19.4 Å². The van der Waals surface area contributed by atoms with Crippen molar-refractivity contribution in [1.29, 1.82) is 0 Å². The summed E-state index contributed by atoms with van der Waals surface area (Å²) in [7, 11) is -0.649. The van der Waals surface area contributed by atoms with Crippen molar-refractivity contribution in [3.05, 3.63) is 59.7 Å². The second-order valence-corrected chi connectivity index (χ2v) is 19.1. The highest BCUT2D eigenvalue weighted by Crippen LogP contribution is 2.65. The van der Waals surface area contributed by atoms with Crippen LogP contribution in [0.1, 0.15) is 129 Å². The maximum atomic E-state index is 13.7. The van der Waals surface area contributed by atoms with E-state index in [1.807, 2.05) is 19.1 Å². The molecular weight excluding hydrogens is 813 g/mol. The van der Waals surface area contributed by atoms with Crippen molar-refractivity contribution in [2.24, 2.45) is 28.7 Å². The smallest absolute Gasteiger partial charge is 0.404 e. The van der Waals surface area contributed by atoms with Gasteiger partial charge < -0.3 is 52.5 Å². The summed E-state index contributed by atoms with van der Waals surface area (Å²) < 4.78 is 12.9. The summed E-state index contributed by atoms with van der Waals surface area (Å²) in [6.07, 6.45) is 6.73. The van der Waals surface area contributed by atoms with Gasteiger partial charge in [0.05, 0.1) is 23.8 Å². The molecule has 2 aromatic carbocycles. The van der Waals surface area contributed by atoms with Gasteiger partial charge in [0.15, 0.2) is 0 Å². The highest BCUT2D eigenvalue weighted by Gasteiger charge is 2.68. The molecule has 6 rings (SSSR count). The van der Waals surface area contributed by atoms with Crippen LogP contribution >= 0.6 is 0 Å². The van der Waals surface area contributed by atoms with Crippen molar-refractivity contribution in [2.75, 3.05) is 13.1 Å². The molecule has 1 saturated heterocycles. The van der Waals surface area contributed by atoms with Crippen molar-refractivity contribution in [3.63, 3.8) is 0 Å². The van der Waals surface area contributed by atoms with Crippen molar-refractivity contribution < 1.29 is 38.4 Å². The van der Waals surface area contributed by atoms with Crippen LogP contribution in [-0.2, 0) is 34.9 Å². The van der Waals surface area contributed by atoms with Crippen LogP contribution in [0.5, 0.6) is 0 Å². The van der Waals surface area contributed by atoms with E-state index < -0.39 is 78.5 Å². The van der Waals surface area contributed by atoms with Gasteiger partial charge in [0.25, 0.3) is 5.91 Å². The lowest BCUT2D eigenvalue weighted by Gasteiger charge is -2.64. The van der Waals surface area contributed by atoms with Gasteiger partial charge >= 0.3 is 7.12 Å². The van der Waals surface area contributed by atoms with E-state index >= 15 is 0 Å². The Morgan fingerprint density at radius 3 is 1.88 bits per heavy atom. The number of hydrogen-bond donors (Lipinski definition) is 8. The number of nitrogens with two attached hydrogens (primary N) is 2. The summed E-state index contributed by atoms with van der Waals surface area (Å²) in [5.74, 6) is -2.61. The molecule has 4 fully saturated rings. The number of nitrogens with one attached hydrogen (secondary N) is 5.